The van der Waals surface area contributed by atoms with Crippen LogP contribution in [0.25, 0.3) is 6.08 Å². The average Bonchev–Trinajstić information content (AvgIpc) is 2.60. The number of phenolic OH excluding ortho intramolecular Hbond substituents is 1. The molecule has 2 rings (SSSR count). The lowest BCUT2D eigenvalue weighted by molar-refractivity contribution is -0.114. The van der Waals surface area contributed by atoms with Gasteiger partial charge in [0.1, 0.15) is 5.75 Å². The molecular weight excluding hydrogens is 322 g/mol. The van der Waals surface area contributed by atoms with Crippen LogP contribution in [-0.4, -0.2) is 31.0 Å². The fraction of sp³-hybridized carbons (Fsp3) is 0.158. The molecule has 1 amide bonds. The number of carbonyl (C=O) groups is 2. The van der Waals surface area contributed by atoms with Crippen molar-refractivity contribution in [3.63, 3.8) is 0 Å². The lowest BCUT2D eigenvalue weighted by Gasteiger charge is -2.08. The smallest absolute Gasteiger partial charge is 0.221 e. The zero-order valence-electron chi connectivity index (χ0n) is 14.2. The van der Waals surface area contributed by atoms with Crippen molar-refractivity contribution in [1.82, 2.24) is 0 Å². The number of hydrogen-bond donors (Lipinski definition) is 2. The molecule has 0 saturated carbocycles. The van der Waals surface area contributed by atoms with Crippen LogP contribution in [0.2, 0.25) is 0 Å². The summed E-state index contributed by atoms with van der Waals surface area (Å²) < 4.78 is 10.4. The standard InChI is InChI=1S/C19H19NO5/c1-12(21)20-14-6-8-17(23)15(11-14)16(22)7-4-13-5-9-18(24-2)19(10-13)25-3/h4-11,23H,1-3H3,(H,20,21). The summed E-state index contributed by atoms with van der Waals surface area (Å²) in [5.41, 5.74) is 1.28. The predicted octanol–water partition coefficient (Wildman–Crippen LogP) is 3.26. The molecule has 0 bridgehead atoms. The monoisotopic (exact) mass is 341 g/mol. The molecule has 0 aliphatic carbocycles. The molecule has 6 heteroatoms. The Balaban J connectivity index is 2.24. The predicted molar refractivity (Wildman–Crippen MR) is 95.3 cm³/mol. The van der Waals surface area contributed by atoms with E-state index < -0.39 is 0 Å². The number of allylic oxidation sites excluding steroid dienone is 1. The summed E-state index contributed by atoms with van der Waals surface area (Å²) in [5.74, 6) is 0.333. The SMILES string of the molecule is COc1ccc(C=CC(=O)c2cc(NC(C)=O)ccc2O)cc1OC. The Morgan fingerprint density at radius 3 is 2.40 bits per heavy atom. The van der Waals surface area contributed by atoms with Crippen molar-refractivity contribution < 1.29 is 24.2 Å². The molecule has 0 heterocycles. The summed E-state index contributed by atoms with van der Waals surface area (Å²) in [6.07, 6.45) is 2.95. The molecule has 0 saturated heterocycles. The molecule has 0 aliphatic rings. The van der Waals surface area contributed by atoms with Crippen molar-refractivity contribution in [2.75, 3.05) is 19.5 Å². The molecule has 2 aromatic carbocycles. The fourth-order valence-corrected chi connectivity index (χ4v) is 2.23. The molecule has 25 heavy (non-hydrogen) atoms. The molecule has 0 atom stereocenters. The summed E-state index contributed by atoms with van der Waals surface area (Å²) in [6.45, 7) is 1.37. The maximum absolute atomic E-state index is 12.3. The van der Waals surface area contributed by atoms with Gasteiger partial charge in [0, 0.05) is 12.6 Å². The van der Waals surface area contributed by atoms with Gasteiger partial charge in [0.05, 0.1) is 19.8 Å². The molecule has 0 aromatic heterocycles. The van der Waals surface area contributed by atoms with Crippen LogP contribution in [0.5, 0.6) is 17.2 Å². The maximum Gasteiger partial charge on any atom is 0.221 e. The summed E-state index contributed by atoms with van der Waals surface area (Å²) in [7, 11) is 3.07. The Bertz CT molecular complexity index is 827. The largest absolute Gasteiger partial charge is 0.507 e. The number of aromatic hydroxyl groups is 1. The summed E-state index contributed by atoms with van der Waals surface area (Å²) in [4.78, 5) is 23.4. The number of amides is 1. The highest BCUT2D eigenvalue weighted by Gasteiger charge is 2.10. The van der Waals surface area contributed by atoms with Gasteiger partial charge in [-0.05, 0) is 42.0 Å². The van der Waals surface area contributed by atoms with Crippen LogP contribution < -0.4 is 14.8 Å². The Hall–Kier alpha value is -3.28. The van der Waals surface area contributed by atoms with Gasteiger partial charge in [0.15, 0.2) is 17.3 Å². The van der Waals surface area contributed by atoms with E-state index >= 15 is 0 Å². The third-order valence-corrected chi connectivity index (χ3v) is 3.42. The van der Waals surface area contributed by atoms with E-state index in [1.54, 1.807) is 31.4 Å². The van der Waals surface area contributed by atoms with Gasteiger partial charge in [-0.1, -0.05) is 12.1 Å². The van der Waals surface area contributed by atoms with E-state index in [1.165, 1.54) is 38.3 Å². The topological polar surface area (TPSA) is 84.9 Å². The van der Waals surface area contributed by atoms with Crippen LogP contribution in [-0.2, 0) is 4.79 Å². The van der Waals surface area contributed by atoms with Gasteiger partial charge in [-0.3, -0.25) is 9.59 Å². The first-order valence-corrected chi connectivity index (χ1v) is 7.49. The van der Waals surface area contributed by atoms with E-state index in [0.29, 0.717) is 17.2 Å². The number of rotatable bonds is 6. The molecule has 6 nitrogen and oxygen atoms in total. The molecule has 2 aromatic rings. The van der Waals surface area contributed by atoms with Crippen LogP contribution in [0.1, 0.15) is 22.8 Å². The third-order valence-electron chi connectivity index (χ3n) is 3.42. The number of ether oxygens (including phenoxy) is 2. The van der Waals surface area contributed by atoms with Gasteiger partial charge in [-0.25, -0.2) is 0 Å². The minimum Gasteiger partial charge on any atom is -0.507 e. The summed E-state index contributed by atoms with van der Waals surface area (Å²) in [6, 6.07) is 9.55. The van der Waals surface area contributed by atoms with E-state index in [-0.39, 0.29) is 23.0 Å². The number of carbonyl (C=O) groups excluding carboxylic acids is 2. The normalized spacial score (nSPS) is 10.5. The second kappa shape index (κ2) is 8.01. The average molecular weight is 341 g/mol. The highest BCUT2D eigenvalue weighted by molar-refractivity contribution is 6.09. The Morgan fingerprint density at radius 1 is 1.04 bits per heavy atom. The van der Waals surface area contributed by atoms with Gasteiger partial charge in [0.25, 0.3) is 0 Å². The van der Waals surface area contributed by atoms with Crippen molar-refractivity contribution in [3.8, 4) is 17.2 Å². The number of anilines is 1. The molecule has 130 valence electrons. The van der Waals surface area contributed by atoms with Gasteiger partial charge in [0.2, 0.25) is 5.91 Å². The number of nitrogens with one attached hydrogen (secondary N) is 1. The molecule has 0 aliphatic heterocycles. The molecule has 0 unspecified atom stereocenters. The van der Waals surface area contributed by atoms with E-state index in [2.05, 4.69) is 5.32 Å². The first-order chi connectivity index (χ1) is 11.9. The molecular formula is C19H19NO5. The highest BCUT2D eigenvalue weighted by Crippen LogP contribution is 2.28. The van der Waals surface area contributed by atoms with E-state index in [9.17, 15) is 14.7 Å². The molecule has 2 N–H and O–H groups in total. The number of phenols is 1. The third kappa shape index (κ3) is 4.60. The minimum atomic E-state index is -0.389. The van der Waals surface area contributed by atoms with Gasteiger partial charge in [-0.2, -0.15) is 0 Å². The first kappa shape index (κ1) is 18.1. The Labute approximate surface area is 145 Å². The van der Waals surface area contributed by atoms with Crippen molar-refractivity contribution in [3.05, 3.63) is 53.6 Å². The van der Waals surface area contributed by atoms with Crippen molar-refractivity contribution in [1.29, 1.82) is 0 Å². The van der Waals surface area contributed by atoms with Gasteiger partial charge >= 0.3 is 0 Å². The highest BCUT2D eigenvalue weighted by atomic mass is 16.5. The Morgan fingerprint density at radius 2 is 1.76 bits per heavy atom. The van der Waals surface area contributed by atoms with Crippen LogP contribution in [0.3, 0.4) is 0 Å². The van der Waals surface area contributed by atoms with E-state index in [4.69, 9.17) is 9.47 Å². The van der Waals surface area contributed by atoms with E-state index in [1.807, 2.05) is 0 Å². The van der Waals surface area contributed by atoms with Crippen molar-refractivity contribution in [2.24, 2.45) is 0 Å². The lowest BCUT2D eigenvalue weighted by atomic mass is 10.1. The number of methoxy groups -OCH3 is 2. The summed E-state index contributed by atoms with van der Waals surface area (Å²) >= 11 is 0. The van der Waals surface area contributed by atoms with Crippen molar-refractivity contribution >= 4 is 23.5 Å². The first-order valence-electron chi connectivity index (χ1n) is 7.49. The van der Waals surface area contributed by atoms with Crippen molar-refractivity contribution in [2.45, 2.75) is 6.92 Å². The molecule has 0 fully saturated rings. The number of hydrogen-bond acceptors (Lipinski definition) is 5. The lowest BCUT2D eigenvalue weighted by Crippen LogP contribution is -2.06. The quantitative estimate of drug-likeness (QED) is 0.478. The van der Waals surface area contributed by atoms with Crippen LogP contribution >= 0.6 is 0 Å². The zero-order chi connectivity index (χ0) is 18.4. The van der Waals surface area contributed by atoms with Crippen LogP contribution in [0.15, 0.2) is 42.5 Å². The fourth-order valence-electron chi connectivity index (χ4n) is 2.23. The van der Waals surface area contributed by atoms with Gasteiger partial charge in [-0.15, -0.1) is 0 Å². The molecule has 0 radical (unpaired) electrons. The van der Waals surface area contributed by atoms with Gasteiger partial charge < -0.3 is 19.9 Å². The van der Waals surface area contributed by atoms with E-state index in [0.717, 1.165) is 5.56 Å². The zero-order valence-corrected chi connectivity index (χ0v) is 14.2. The van der Waals surface area contributed by atoms with Crippen LogP contribution in [0.4, 0.5) is 5.69 Å². The number of ketones is 1. The minimum absolute atomic E-state index is 0.1000. The molecule has 0 spiro atoms. The summed E-state index contributed by atoms with van der Waals surface area (Å²) in [5, 5.41) is 12.5. The number of benzene rings is 2. The maximum atomic E-state index is 12.3. The Kier molecular flexibility index (Phi) is 5.79. The second-order valence-corrected chi connectivity index (χ2v) is 5.23. The second-order valence-electron chi connectivity index (χ2n) is 5.23. The van der Waals surface area contributed by atoms with Crippen LogP contribution in [0, 0.1) is 0 Å².